The number of rotatable bonds is 3. The highest BCUT2D eigenvalue weighted by Crippen LogP contribution is 2.37. The third-order valence-electron chi connectivity index (χ3n) is 4.93. The molecule has 0 fully saturated rings. The summed E-state index contributed by atoms with van der Waals surface area (Å²) in [5, 5.41) is 10.9. The van der Waals surface area contributed by atoms with Crippen molar-refractivity contribution in [2.45, 2.75) is 45.4 Å². The predicted octanol–water partition coefficient (Wildman–Crippen LogP) is 5.02. The maximum Gasteiger partial charge on any atom is 0.260 e. The van der Waals surface area contributed by atoms with Crippen LogP contribution in [0.1, 0.15) is 43.0 Å². The molecule has 4 rings (SSSR count). The van der Waals surface area contributed by atoms with Crippen LogP contribution in [-0.2, 0) is 12.8 Å². The number of H-pyrrole nitrogens is 1. The number of phenols is 1. The molecule has 1 aliphatic carbocycles. The van der Waals surface area contributed by atoms with E-state index in [-0.39, 0.29) is 11.3 Å². The maximum absolute atomic E-state index is 12.9. The lowest BCUT2D eigenvalue weighted by Crippen LogP contribution is -2.10. The highest BCUT2D eigenvalue weighted by atomic mass is 127. The van der Waals surface area contributed by atoms with E-state index in [1.165, 1.54) is 29.7 Å². The number of phenolic OH excluding ortho intramolecular Hbond substituents is 1. The number of aromatic nitrogens is 2. The van der Waals surface area contributed by atoms with Gasteiger partial charge in [-0.25, -0.2) is 4.98 Å². The van der Waals surface area contributed by atoms with Crippen LogP contribution in [0.25, 0.3) is 21.6 Å². The van der Waals surface area contributed by atoms with Crippen LogP contribution in [0.3, 0.4) is 0 Å². The molecule has 0 atom stereocenters. The largest absolute Gasteiger partial charge is 0.504 e. The van der Waals surface area contributed by atoms with Crippen molar-refractivity contribution < 1.29 is 9.84 Å². The van der Waals surface area contributed by atoms with E-state index >= 15 is 0 Å². The molecule has 0 radical (unpaired) electrons. The van der Waals surface area contributed by atoms with Gasteiger partial charge in [-0.3, -0.25) is 4.79 Å². The first-order valence-electron chi connectivity index (χ1n) is 9.28. The first kappa shape index (κ1) is 18.7. The molecule has 27 heavy (non-hydrogen) atoms. The Morgan fingerprint density at radius 2 is 2.04 bits per heavy atom. The zero-order valence-corrected chi connectivity index (χ0v) is 18.1. The fourth-order valence-electron chi connectivity index (χ4n) is 3.63. The molecule has 5 nitrogen and oxygen atoms in total. The summed E-state index contributed by atoms with van der Waals surface area (Å²) in [5.74, 6) is 1.03. The monoisotopic (exact) mass is 496 g/mol. The van der Waals surface area contributed by atoms with Gasteiger partial charge in [0.25, 0.3) is 5.56 Å². The molecule has 3 aromatic rings. The van der Waals surface area contributed by atoms with Crippen molar-refractivity contribution in [2.24, 2.45) is 0 Å². The van der Waals surface area contributed by atoms with Crippen LogP contribution in [0, 0.1) is 3.57 Å². The molecule has 0 saturated heterocycles. The van der Waals surface area contributed by atoms with Gasteiger partial charge < -0.3 is 14.8 Å². The number of nitrogens with zero attached hydrogens (tertiary/aromatic N) is 1. The maximum atomic E-state index is 12.9. The van der Waals surface area contributed by atoms with E-state index in [0.29, 0.717) is 21.8 Å². The zero-order valence-electron chi connectivity index (χ0n) is 15.1. The smallest absolute Gasteiger partial charge is 0.260 e. The summed E-state index contributed by atoms with van der Waals surface area (Å²) >= 11 is 3.71. The Morgan fingerprint density at radius 3 is 2.81 bits per heavy atom. The van der Waals surface area contributed by atoms with Gasteiger partial charge in [-0.15, -0.1) is 11.3 Å². The third-order valence-corrected chi connectivity index (χ3v) is 6.93. The van der Waals surface area contributed by atoms with Gasteiger partial charge in [-0.05, 0) is 72.9 Å². The minimum Gasteiger partial charge on any atom is -0.504 e. The molecular weight excluding hydrogens is 475 g/mol. The van der Waals surface area contributed by atoms with Crippen LogP contribution in [-0.4, -0.2) is 21.7 Å². The molecule has 2 N–H and O–H groups in total. The Morgan fingerprint density at radius 1 is 1.26 bits per heavy atom. The molecular formula is C20H21IN2O3S. The fraction of sp³-hybridized carbons (Fsp3) is 0.400. The fourth-order valence-corrected chi connectivity index (χ4v) is 5.49. The van der Waals surface area contributed by atoms with Crippen molar-refractivity contribution in [2.75, 3.05) is 6.61 Å². The number of nitrogens with one attached hydrogen (secondary N) is 1. The van der Waals surface area contributed by atoms with E-state index in [0.717, 1.165) is 35.0 Å². The first-order chi connectivity index (χ1) is 13.1. The Kier molecular flexibility index (Phi) is 5.41. The van der Waals surface area contributed by atoms with Gasteiger partial charge in [-0.1, -0.05) is 12.8 Å². The van der Waals surface area contributed by atoms with Crippen molar-refractivity contribution in [3.8, 4) is 22.9 Å². The lowest BCUT2D eigenvalue weighted by molar-refractivity contribution is 0.317. The van der Waals surface area contributed by atoms with E-state index < -0.39 is 0 Å². The van der Waals surface area contributed by atoms with Crippen LogP contribution in [0.4, 0.5) is 0 Å². The Labute approximate surface area is 174 Å². The van der Waals surface area contributed by atoms with Crippen molar-refractivity contribution in [3.63, 3.8) is 0 Å². The van der Waals surface area contributed by atoms with Crippen molar-refractivity contribution in [3.05, 3.63) is 36.5 Å². The van der Waals surface area contributed by atoms with Gasteiger partial charge in [0, 0.05) is 10.4 Å². The molecule has 7 heteroatoms. The molecule has 1 aliphatic rings. The van der Waals surface area contributed by atoms with Crippen molar-refractivity contribution in [1.82, 2.24) is 9.97 Å². The van der Waals surface area contributed by atoms with E-state index in [9.17, 15) is 9.90 Å². The standard InChI is InChI=1S/C20H21IN2O3S/c1-2-26-14-10-11(9-13(21)17(14)24)18-22-19(25)16-12-7-5-3-4-6-8-15(12)27-20(16)23-18/h9-10,24H,2-8H2,1H3,(H,22,23,25). The molecule has 0 saturated carbocycles. The Bertz CT molecular complexity index is 1060. The van der Waals surface area contributed by atoms with Gasteiger partial charge >= 0.3 is 0 Å². The second kappa shape index (κ2) is 7.79. The number of fused-ring (bicyclic) bond motifs is 3. The topological polar surface area (TPSA) is 75.2 Å². The number of ether oxygens (including phenoxy) is 1. The summed E-state index contributed by atoms with van der Waals surface area (Å²) < 4.78 is 6.18. The van der Waals surface area contributed by atoms with Crippen molar-refractivity contribution in [1.29, 1.82) is 0 Å². The minimum atomic E-state index is -0.0749. The lowest BCUT2D eigenvalue weighted by Gasteiger charge is -2.10. The van der Waals surface area contributed by atoms with Gasteiger partial charge in [0.2, 0.25) is 0 Å². The quantitative estimate of drug-likeness (QED) is 0.500. The summed E-state index contributed by atoms with van der Waals surface area (Å²) in [7, 11) is 0. The summed E-state index contributed by atoms with van der Waals surface area (Å²) in [5.41, 5.74) is 1.86. The van der Waals surface area contributed by atoms with Crippen LogP contribution in [0.15, 0.2) is 16.9 Å². The van der Waals surface area contributed by atoms with E-state index in [1.54, 1.807) is 17.4 Å². The van der Waals surface area contributed by atoms with E-state index in [4.69, 9.17) is 9.72 Å². The zero-order chi connectivity index (χ0) is 19.0. The molecule has 0 amide bonds. The molecule has 0 bridgehead atoms. The van der Waals surface area contributed by atoms with E-state index in [2.05, 4.69) is 27.6 Å². The SMILES string of the molecule is CCOc1cc(-c2nc3sc4c(c3c(=O)[nH]2)CCCCCC4)cc(I)c1O. The molecule has 0 unspecified atom stereocenters. The third kappa shape index (κ3) is 3.59. The second-order valence-corrected chi connectivity index (χ2v) is 9.00. The highest BCUT2D eigenvalue weighted by molar-refractivity contribution is 14.1. The molecule has 2 heterocycles. The van der Waals surface area contributed by atoms with Crippen LogP contribution in [0.2, 0.25) is 0 Å². The summed E-state index contributed by atoms with van der Waals surface area (Å²) in [6.07, 6.45) is 6.80. The number of benzene rings is 1. The normalized spacial score (nSPS) is 14.6. The number of hydrogen-bond acceptors (Lipinski definition) is 5. The predicted molar refractivity (Wildman–Crippen MR) is 117 cm³/mol. The number of aromatic hydroxyl groups is 1. The van der Waals surface area contributed by atoms with Crippen LogP contribution in [0.5, 0.6) is 11.5 Å². The number of aromatic amines is 1. The Balaban J connectivity index is 1.86. The van der Waals surface area contributed by atoms with Gasteiger partial charge in [-0.2, -0.15) is 0 Å². The highest BCUT2D eigenvalue weighted by Gasteiger charge is 2.19. The molecule has 142 valence electrons. The Hall–Kier alpha value is -1.61. The molecule has 0 spiro atoms. The van der Waals surface area contributed by atoms with Crippen molar-refractivity contribution >= 4 is 44.1 Å². The number of halogens is 1. The molecule has 1 aromatic carbocycles. The van der Waals surface area contributed by atoms with Crippen LogP contribution >= 0.6 is 33.9 Å². The summed E-state index contributed by atoms with van der Waals surface area (Å²) in [6, 6.07) is 3.54. The van der Waals surface area contributed by atoms with E-state index in [1.807, 2.05) is 13.0 Å². The second-order valence-electron chi connectivity index (χ2n) is 6.75. The first-order valence-corrected chi connectivity index (χ1v) is 11.2. The van der Waals surface area contributed by atoms with Gasteiger partial charge in [0.05, 0.1) is 15.6 Å². The average molecular weight is 496 g/mol. The molecule has 0 aliphatic heterocycles. The number of hydrogen-bond donors (Lipinski definition) is 2. The average Bonchev–Trinajstić information content (AvgIpc) is 2.96. The molecule has 2 aromatic heterocycles. The minimum absolute atomic E-state index is 0.0749. The number of aryl methyl sites for hydroxylation is 2. The van der Waals surface area contributed by atoms with Gasteiger partial charge in [0.15, 0.2) is 11.5 Å². The van der Waals surface area contributed by atoms with Crippen LogP contribution < -0.4 is 10.3 Å². The summed E-state index contributed by atoms with van der Waals surface area (Å²) in [6.45, 7) is 2.32. The number of thiophene rings is 1. The van der Waals surface area contributed by atoms with Gasteiger partial charge in [0.1, 0.15) is 10.7 Å². The lowest BCUT2D eigenvalue weighted by atomic mass is 9.98. The summed E-state index contributed by atoms with van der Waals surface area (Å²) in [4.78, 5) is 22.7.